The average Bonchev–Trinajstić information content (AvgIpc) is 3.00. The van der Waals surface area contributed by atoms with Crippen molar-refractivity contribution in [2.75, 3.05) is 11.9 Å². The van der Waals surface area contributed by atoms with Gasteiger partial charge in [0, 0.05) is 24.0 Å². The number of pyridine rings is 1. The molecule has 2 aromatic rings. The maximum absolute atomic E-state index is 12.3. The number of anilines is 1. The number of nitrogens with one attached hydrogen (secondary N) is 2. The highest BCUT2D eigenvalue weighted by Gasteiger charge is 2.13. The number of benzene rings is 1. The number of aryl methyl sites for hydroxylation is 1. The van der Waals surface area contributed by atoms with Crippen LogP contribution in [0.2, 0.25) is 0 Å². The molecule has 0 fully saturated rings. The van der Waals surface area contributed by atoms with Crippen LogP contribution in [0.3, 0.4) is 0 Å². The van der Waals surface area contributed by atoms with Gasteiger partial charge in [-0.15, -0.1) is 0 Å². The first-order valence-electron chi connectivity index (χ1n) is 7.35. The number of amides is 1. The molecule has 0 saturated carbocycles. The van der Waals surface area contributed by atoms with E-state index < -0.39 is 0 Å². The van der Waals surface area contributed by atoms with Crippen LogP contribution < -0.4 is 10.6 Å². The molecule has 4 heteroatoms. The van der Waals surface area contributed by atoms with E-state index >= 15 is 0 Å². The van der Waals surface area contributed by atoms with Crippen LogP contribution in [-0.2, 0) is 19.4 Å². The summed E-state index contributed by atoms with van der Waals surface area (Å²) in [5, 5.41) is 6.25. The molecule has 3 rings (SSSR count). The lowest BCUT2D eigenvalue weighted by Gasteiger charge is -2.09. The van der Waals surface area contributed by atoms with Crippen molar-refractivity contribution in [3.05, 3.63) is 58.9 Å². The van der Waals surface area contributed by atoms with Crippen molar-refractivity contribution in [3.8, 4) is 0 Å². The van der Waals surface area contributed by atoms with E-state index in [-0.39, 0.29) is 5.91 Å². The lowest BCUT2D eigenvalue weighted by atomic mass is 10.1. The van der Waals surface area contributed by atoms with Gasteiger partial charge in [0.25, 0.3) is 5.91 Å². The summed E-state index contributed by atoms with van der Waals surface area (Å²) in [7, 11) is 0. The van der Waals surface area contributed by atoms with E-state index in [2.05, 4.69) is 22.5 Å². The van der Waals surface area contributed by atoms with Crippen LogP contribution in [0.25, 0.3) is 0 Å². The highest BCUT2D eigenvalue weighted by atomic mass is 16.1. The van der Waals surface area contributed by atoms with E-state index in [1.54, 1.807) is 6.20 Å². The molecule has 1 aromatic carbocycles. The molecule has 0 bridgehead atoms. The van der Waals surface area contributed by atoms with Gasteiger partial charge < -0.3 is 10.6 Å². The van der Waals surface area contributed by atoms with Gasteiger partial charge in [0.2, 0.25) is 0 Å². The van der Waals surface area contributed by atoms with Crippen LogP contribution in [0, 0.1) is 0 Å². The monoisotopic (exact) mass is 281 g/mol. The Balaban J connectivity index is 1.69. The highest BCUT2D eigenvalue weighted by molar-refractivity contribution is 5.95. The van der Waals surface area contributed by atoms with Gasteiger partial charge in [-0.2, -0.15) is 0 Å². The first-order chi connectivity index (χ1) is 10.3. The van der Waals surface area contributed by atoms with Gasteiger partial charge in [-0.05, 0) is 42.2 Å². The molecule has 1 amide bonds. The zero-order valence-corrected chi connectivity index (χ0v) is 12.1. The molecular formula is C17H19N3O. The molecule has 4 nitrogen and oxygen atoms in total. The largest absolute Gasteiger partial charge is 0.384 e. The van der Waals surface area contributed by atoms with Crippen molar-refractivity contribution >= 4 is 11.6 Å². The summed E-state index contributed by atoms with van der Waals surface area (Å²) in [5.74, 6) is -0.0563. The molecule has 0 unspecified atom stereocenters. The third kappa shape index (κ3) is 2.89. The zero-order chi connectivity index (χ0) is 14.7. The Hall–Kier alpha value is -2.36. The molecule has 2 heterocycles. The molecule has 108 valence electrons. The Morgan fingerprint density at radius 3 is 3.14 bits per heavy atom. The summed E-state index contributed by atoms with van der Waals surface area (Å²) in [4.78, 5) is 16.6. The molecule has 0 aliphatic carbocycles. The summed E-state index contributed by atoms with van der Waals surface area (Å²) >= 11 is 0. The smallest absolute Gasteiger partial charge is 0.251 e. The lowest BCUT2D eigenvalue weighted by Crippen LogP contribution is -2.24. The molecule has 0 radical (unpaired) electrons. The molecule has 1 aliphatic rings. The number of nitrogens with zero attached hydrogens (tertiary/aromatic N) is 1. The SMILES string of the molecule is CCc1cccnc1CNC(=O)c1ccc2c(c1)NCC2. The number of aromatic nitrogens is 1. The molecule has 0 atom stereocenters. The molecule has 1 aliphatic heterocycles. The van der Waals surface area contributed by atoms with Gasteiger partial charge >= 0.3 is 0 Å². The Labute approximate surface area is 124 Å². The summed E-state index contributed by atoms with van der Waals surface area (Å²) in [6.45, 7) is 3.51. The number of hydrogen-bond donors (Lipinski definition) is 2. The van der Waals surface area contributed by atoms with Gasteiger partial charge in [0.15, 0.2) is 0 Å². The predicted molar refractivity (Wildman–Crippen MR) is 83.4 cm³/mol. The fraction of sp³-hybridized carbons (Fsp3) is 0.294. The Kier molecular flexibility index (Phi) is 3.86. The predicted octanol–water partition coefficient (Wildman–Crippen LogP) is 2.54. The third-order valence-electron chi connectivity index (χ3n) is 3.86. The number of rotatable bonds is 4. The molecule has 0 saturated heterocycles. The van der Waals surface area contributed by atoms with Crippen LogP contribution in [0.15, 0.2) is 36.5 Å². The Bertz CT molecular complexity index is 667. The van der Waals surface area contributed by atoms with Gasteiger partial charge in [0.05, 0.1) is 12.2 Å². The second kappa shape index (κ2) is 5.95. The molecule has 21 heavy (non-hydrogen) atoms. The van der Waals surface area contributed by atoms with Crippen molar-refractivity contribution in [1.29, 1.82) is 0 Å². The second-order valence-electron chi connectivity index (χ2n) is 5.19. The maximum atomic E-state index is 12.3. The number of carbonyl (C=O) groups is 1. The summed E-state index contributed by atoms with van der Waals surface area (Å²) in [5.41, 5.74) is 5.16. The summed E-state index contributed by atoms with van der Waals surface area (Å²) in [6, 6.07) is 9.82. The average molecular weight is 281 g/mol. The fourth-order valence-electron chi connectivity index (χ4n) is 2.65. The van der Waals surface area contributed by atoms with Crippen molar-refractivity contribution in [2.45, 2.75) is 26.3 Å². The lowest BCUT2D eigenvalue weighted by molar-refractivity contribution is 0.0950. The Morgan fingerprint density at radius 1 is 1.38 bits per heavy atom. The standard InChI is InChI=1S/C17H19N3O/c1-2-12-4-3-8-18-16(12)11-20-17(21)14-6-5-13-7-9-19-15(13)10-14/h3-6,8,10,19H,2,7,9,11H2,1H3,(H,20,21). The van der Waals surface area contributed by atoms with E-state index in [1.807, 2.05) is 30.3 Å². The van der Waals surface area contributed by atoms with Crippen molar-refractivity contribution in [2.24, 2.45) is 0 Å². The molecular weight excluding hydrogens is 262 g/mol. The first kappa shape index (κ1) is 13.6. The number of hydrogen-bond acceptors (Lipinski definition) is 3. The van der Waals surface area contributed by atoms with Crippen LogP contribution in [0.4, 0.5) is 5.69 Å². The van der Waals surface area contributed by atoms with Crippen LogP contribution in [0.1, 0.15) is 34.1 Å². The molecule has 1 aromatic heterocycles. The van der Waals surface area contributed by atoms with Crippen molar-refractivity contribution in [1.82, 2.24) is 10.3 Å². The first-order valence-corrected chi connectivity index (χ1v) is 7.35. The minimum Gasteiger partial charge on any atom is -0.384 e. The van der Waals surface area contributed by atoms with E-state index in [1.165, 1.54) is 11.1 Å². The topological polar surface area (TPSA) is 54.0 Å². The van der Waals surface area contributed by atoms with E-state index in [4.69, 9.17) is 0 Å². The van der Waals surface area contributed by atoms with E-state index in [0.29, 0.717) is 12.1 Å². The maximum Gasteiger partial charge on any atom is 0.251 e. The molecule has 0 spiro atoms. The van der Waals surface area contributed by atoms with Gasteiger partial charge in [0.1, 0.15) is 0 Å². The van der Waals surface area contributed by atoms with Gasteiger partial charge in [-0.3, -0.25) is 9.78 Å². The van der Waals surface area contributed by atoms with Crippen LogP contribution in [-0.4, -0.2) is 17.4 Å². The van der Waals surface area contributed by atoms with Gasteiger partial charge in [-0.25, -0.2) is 0 Å². The summed E-state index contributed by atoms with van der Waals surface area (Å²) in [6.07, 6.45) is 3.72. The third-order valence-corrected chi connectivity index (χ3v) is 3.86. The number of fused-ring (bicyclic) bond motifs is 1. The minimum absolute atomic E-state index is 0.0563. The highest BCUT2D eigenvalue weighted by Crippen LogP contribution is 2.23. The number of carbonyl (C=O) groups excluding carboxylic acids is 1. The molecule has 2 N–H and O–H groups in total. The normalized spacial score (nSPS) is 12.6. The van der Waals surface area contributed by atoms with E-state index in [0.717, 1.165) is 30.8 Å². The van der Waals surface area contributed by atoms with E-state index in [9.17, 15) is 4.79 Å². The quantitative estimate of drug-likeness (QED) is 0.905. The fourth-order valence-corrected chi connectivity index (χ4v) is 2.65. The second-order valence-corrected chi connectivity index (χ2v) is 5.19. The van der Waals surface area contributed by atoms with Gasteiger partial charge in [-0.1, -0.05) is 19.1 Å². The Morgan fingerprint density at radius 2 is 2.29 bits per heavy atom. The van der Waals surface area contributed by atoms with Crippen molar-refractivity contribution < 1.29 is 4.79 Å². The zero-order valence-electron chi connectivity index (χ0n) is 12.1. The van der Waals surface area contributed by atoms with Crippen LogP contribution >= 0.6 is 0 Å². The minimum atomic E-state index is -0.0563. The summed E-state index contributed by atoms with van der Waals surface area (Å²) < 4.78 is 0. The van der Waals surface area contributed by atoms with Crippen LogP contribution in [0.5, 0.6) is 0 Å². The van der Waals surface area contributed by atoms with Crippen molar-refractivity contribution in [3.63, 3.8) is 0 Å².